The van der Waals surface area contributed by atoms with Crippen molar-refractivity contribution in [1.82, 2.24) is 10.3 Å². The first-order valence-electron chi connectivity index (χ1n) is 6.40. The van der Waals surface area contributed by atoms with Crippen LogP contribution in [-0.4, -0.2) is 11.5 Å². The van der Waals surface area contributed by atoms with E-state index >= 15 is 0 Å². The Labute approximate surface area is 132 Å². The van der Waals surface area contributed by atoms with Crippen LogP contribution in [0.1, 0.15) is 18.2 Å². The third-order valence-electron chi connectivity index (χ3n) is 2.74. The van der Waals surface area contributed by atoms with Crippen LogP contribution in [0.4, 0.5) is 0 Å². The zero-order chi connectivity index (χ0) is 14.5. The lowest BCUT2D eigenvalue weighted by Gasteiger charge is -2.10. The Bertz CT molecular complexity index is 604. The van der Waals surface area contributed by atoms with E-state index in [1.54, 1.807) is 12.1 Å². The normalized spacial score (nSPS) is 10.6. The first-order valence-corrected chi connectivity index (χ1v) is 7.57. The first kappa shape index (κ1) is 15.3. The van der Waals surface area contributed by atoms with Gasteiger partial charge in [-0.05, 0) is 53.2 Å². The number of nitrogens with zero attached hydrogens (tertiary/aromatic N) is 1. The summed E-state index contributed by atoms with van der Waals surface area (Å²) in [5.74, 6) is 1.27. The molecule has 2 aromatic rings. The maximum absolute atomic E-state index is 6.12. The highest BCUT2D eigenvalue weighted by Gasteiger charge is 2.07. The number of aromatic nitrogens is 1. The van der Waals surface area contributed by atoms with Crippen molar-refractivity contribution in [2.45, 2.75) is 20.4 Å². The van der Waals surface area contributed by atoms with E-state index in [2.05, 4.69) is 26.2 Å². The van der Waals surface area contributed by atoms with E-state index in [-0.39, 0.29) is 0 Å². The quantitative estimate of drug-likeness (QED) is 0.843. The smallest absolute Gasteiger partial charge is 0.219 e. The lowest BCUT2D eigenvalue weighted by molar-refractivity contribution is 0.457. The number of aryl methyl sites for hydroxylation is 1. The van der Waals surface area contributed by atoms with Gasteiger partial charge in [0.1, 0.15) is 5.75 Å². The predicted molar refractivity (Wildman–Crippen MR) is 85.6 cm³/mol. The Kier molecular flexibility index (Phi) is 5.40. The molecule has 0 saturated heterocycles. The Morgan fingerprint density at radius 2 is 2.10 bits per heavy atom. The minimum absolute atomic E-state index is 0.534. The molecular formula is C15H16BrClN2O. The van der Waals surface area contributed by atoms with Gasteiger partial charge in [0.2, 0.25) is 5.88 Å². The lowest BCUT2D eigenvalue weighted by atomic mass is 10.2. The molecule has 0 unspecified atom stereocenters. The summed E-state index contributed by atoms with van der Waals surface area (Å²) in [6.45, 7) is 5.56. The molecule has 0 aliphatic heterocycles. The number of pyridine rings is 1. The number of hydrogen-bond acceptors (Lipinski definition) is 3. The van der Waals surface area contributed by atoms with Crippen LogP contribution in [-0.2, 0) is 6.54 Å². The Hall–Kier alpha value is -1.10. The molecule has 5 heteroatoms. The van der Waals surface area contributed by atoms with Crippen molar-refractivity contribution in [2.24, 2.45) is 0 Å². The highest BCUT2D eigenvalue weighted by molar-refractivity contribution is 9.10. The van der Waals surface area contributed by atoms with Crippen LogP contribution in [0.25, 0.3) is 0 Å². The summed E-state index contributed by atoms with van der Waals surface area (Å²) in [6.07, 6.45) is 0. The molecule has 20 heavy (non-hydrogen) atoms. The van der Waals surface area contributed by atoms with Crippen molar-refractivity contribution >= 4 is 27.5 Å². The van der Waals surface area contributed by atoms with Crippen LogP contribution in [0, 0.1) is 6.92 Å². The van der Waals surface area contributed by atoms with Crippen molar-refractivity contribution in [3.05, 3.63) is 51.1 Å². The summed E-state index contributed by atoms with van der Waals surface area (Å²) < 4.78 is 6.70. The highest BCUT2D eigenvalue weighted by Crippen LogP contribution is 2.30. The standard InChI is InChI=1S/C15H16BrClN2O/c1-3-18-9-13-12(17)5-7-15(19-13)20-14-6-4-10(2)8-11(14)16/h4-8,18H,3,9H2,1-2H3. The molecule has 0 fully saturated rings. The molecule has 1 N–H and O–H groups in total. The predicted octanol–water partition coefficient (Wildman–Crippen LogP) is 4.71. The summed E-state index contributed by atoms with van der Waals surface area (Å²) in [7, 11) is 0. The van der Waals surface area contributed by atoms with Gasteiger partial charge < -0.3 is 10.1 Å². The van der Waals surface area contributed by atoms with E-state index in [0.717, 1.165) is 22.5 Å². The maximum Gasteiger partial charge on any atom is 0.219 e. The van der Waals surface area contributed by atoms with Crippen molar-refractivity contribution in [3.63, 3.8) is 0 Å². The Balaban J connectivity index is 2.20. The van der Waals surface area contributed by atoms with Crippen LogP contribution in [0.15, 0.2) is 34.8 Å². The SMILES string of the molecule is CCNCc1nc(Oc2ccc(C)cc2Br)ccc1Cl. The van der Waals surface area contributed by atoms with Gasteiger partial charge in [-0.3, -0.25) is 0 Å². The largest absolute Gasteiger partial charge is 0.438 e. The minimum atomic E-state index is 0.534. The molecule has 0 saturated carbocycles. The van der Waals surface area contributed by atoms with Crippen molar-refractivity contribution in [1.29, 1.82) is 0 Å². The fourth-order valence-corrected chi connectivity index (χ4v) is 2.44. The number of nitrogens with one attached hydrogen (secondary N) is 1. The van der Waals surface area contributed by atoms with Gasteiger partial charge in [0, 0.05) is 12.6 Å². The molecule has 1 aromatic carbocycles. The molecule has 0 spiro atoms. The van der Waals surface area contributed by atoms with Gasteiger partial charge in [0.15, 0.2) is 0 Å². The molecule has 0 bridgehead atoms. The van der Waals surface area contributed by atoms with Crippen LogP contribution < -0.4 is 10.1 Å². The number of benzene rings is 1. The zero-order valence-corrected chi connectivity index (χ0v) is 13.8. The van der Waals surface area contributed by atoms with Gasteiger partial charge in [-0.2, -0.15) is 0 Å². The third-order valence-corrected chi connectivity index (χ3v) is 3.70. The first-order chi connectivity index (χ1) is 9.60. The van der Waals surface area contributed by atoms with Crippen molar-refractivity contribution in [3.8, 4) is 11.6 Å². The number of halogens is 2. The summed E-state index contributed by atoms with van der Waals surface area (Å²) in [5, 5.41) is 3.84. The number of hydrogen-bond donors (Lipinski definition) is 1. The minimum Gasteiger partial charge on any atom is -0.438 e. The Morgan fingerprint density at radius 3 is 2.80 bits per heavy atom. The summed E-state index contributed by atoms with van der Waals surface area (Å²) >= 11 is 9.61. The lowest BCUT2D eigenvalue weighted by Crippen LogP contribution is -2.13. The van der Waals surface area contributed by atoms with Crippen LogP contribution in [0.2, 0.25) is 5.02 Å². The van der Waals surface area contributed by atoms with E-state index in [1.807, 2.05) is 32.0 Å². The van der Waals surface area contributed by atoms with Gasteiger partial charge >= 0.3 is 0 Å². The second-order valence-corrected chi connectivity index (χ2v) is 5.66. The fourth-order valence-electron chi connectivity index (χ4n) is 1.69. The highest BCUT2D eigenvalue weighted by atomic mass is 79.9. The van der Waals surface area contributed by atoms with E-state index in [4.69, 9.17) is 16.3 Å². The van der Waals surface area contributed by atoms with E-state index < -0.39 is 0 Å². The van der Waals surface area contributed by atoms with Crippen molar-refractivity contribution in [2.75, 3.05) is 6.54 Å². The van der Waals surface area contributed by atoms with E-state index in [1.165, 1.54) is 5.56 Å². The molecule has 0 radical (unpaired) electrons. The molecule has 3 nitrogen and oxygen atoms in total. The molecule has 2 rings (SSSR count). The fraction of sp³-hybridized carbons (Fsp3) is 0.267. The number of rotatable bonds is 5. The third kappa shape index (κ3) is 3.95. The topological polar surface area (TPSA) is 34.2 Å². The van der Waals surface area contributed by atoms with Crippen LogP contribution >= 0.6 is 27.5 Å². The zero-order valence-electron chi connectivity index (χ0n) is 11.4. The van der Waals surface area contributed by atoms with E-state index in [9.17, 15) is 0 Å². The molecule has 1 heterocycles. The maximum atomic E-state index is 6.12. The van der Waals surface area contributed by atoms with Gasteiger partial charge in [-0.25, -0.2) is 4.98 Å². The Morgan fingerprint density at radius 1 is 1.30 bits per heavy atom. The average Bonchev–Trinajstić information content (AvgIpc) is 2.42. The molecule has 1 aromatic heterocycles. The van der Waals surface area contributed by atoms with Gasteiger partial charge in [-0.15, -0.1) is 0 Å². The van der Waals surface area contributed by atoms with Gasteiger partial charge in [-0.1, -0.05) is 24.6 Å². The molecule has 0 amide bonds. The van der Waals surface area contributed by atoms with Crippen molar-refractivity contribution < 1.29 is 4.74 Å². The average molecular weight is 356 g/mol. The summed E-state index contributed by atoms with van der Waals surface area (Å²) in [4.78, 5) is 4.43. The molecule has 0 aliphatic carbocycles. The van der Waals surface area contributed by atoms with Crippen LogP contribution in [0.5, 0.6) is 11.6 Å². The second-order valence-electron chi connectivity index (χ2n) is 4.39. The summed E-state index contributed by atoms with van der Waals surface area (Å²) in [6, 6.07) is 9.49. The van der Waals surface area contributed by atoms with Gasteiger partial charge in [0.05, 0.1) is 15.2 Å². The second kappa shape index (κ2) is 7.07. The number of ether oxygens (including phenoxy) is 1. The molecule has 0 aliphatic rings. The van der Waals surface area contributed by atoms with Crippen LogP contribution in [0.3, 0.4) is 0 Å². The molecule has 0 atom stereocenters. The summed E-state index contributed by atoms with van der Waals surface area (Å²) in [5.41, 5.74) is 1.95. The van der Waals surface area contributed by atoms with Gasteiger partial charge in [0.25, 0.3) is 0 Å². The monoisotopic (exact) mass is 354 g/mol. The molecular weight excluding hydrogens is 340 g/mol. The molecule has 106 valence electrons. The van der Waals surface area contributed by atoms with E-state index in [0.29, 0.717) is 17.4 Å².